The molecule has 0 fully saturated rings. The van der Waals surface area contributed by atoms with E-state index < -0.39 is 43.0 Å². The first-order valence-electron chi connectivity index (χ1n) is 8.65. The number of esters is 3. The number of nitrogens with one attached hydrogen (secondary N) is 1. The summed E-state index contributed by atoms with van der Waals surface area (Å²) >= 11 is 0. The predicted octanol–water partition coefficient (Wildman–Crippen LogP) is 0.0543. The fourth-order valence-corrected chi connectivity index (χ4v) is 2.05. The Morgan fingerprint density at radius 1 is 0.926 bits per heavy atom. The van der Waals surface area contributed by atoms with E-state index in [4.69, 9.17) is 18.9 Å². The molecule has 0 bridgehead atoms. The maximum Gasteiger partial charge on any atom is 0.305 e. The zero-order chi connectivity index (χ0) is 20.8. The van der Waals surface area contributed by atoms with Gasteiger partial charge in [-0.05, 0) is 12.8 Å². The normalized spacial score (nSPS) is 13.8. The van der Waals surface area contributed by atoms with Crippen molar-refractivity contribution < 1.29 is 43.2 Å². The lowest BCUT2D eigenvalue weighted by molar-refractivity contribution is -0.229. The van der Waals surface area contributed by atoms with Crippen molar-refractivity contribution in [1.82, 2.24) is 5.32 Å². The smallest absolute Gasteiger partial charge is 0.305 e. The number of unbranched alkanes of at least 4 members (excludes halogenated alkanes) is 2. The van der Waals surface area contributed by atoms with Crippen molar-refractivity contribution in [1.29, 1.82) is 0 Å². The zero-order valence-corrected chi connectivity index (χ0v) is 16.2. The van der Waals surface area contributed by atoms with Gasteiger partial charge in [-0.25, -0.2) is 0 Å². The number of carbonyl (C=O) groups excluding carboxylic acids is 4. The van der Waals surface area contributed by atoms with Crippen molar-refractivity contribution >= 4 is 23.8 Å². The number of aliphatic hydroxyl groups excluding tert-OH is 1. The standard InChI is InChI=1S/C17H29NO9/c1-11(19)25-10-14(22)16(26-12(2)20)17(27-13(3)21)24-9-7-5-6-8-15(23)18-4/h14,16-17,22H,5-10H2,1-4H3,(H,18,23). The number of aliphatic hydroxyl groups is 1. The second-order valence-corrected chi connectivity index (χ2v) is 5.78. The van der Waals surface area contributed by atoms with Crippen LogP contribution in [-0.4, -0.2) is 67.7 Å². The van der Waals surface area contributed by atoms with Gasteiger partial charge in [0.25, 0.3) is 0 Å². The molecule has 0 aromatic heterocycles. The topological polar surface area (TPSA) is 137 Å². The van der Waals surface area contributed by atoms with Crippen LogP contribution in [0.15, 0.2) is 0 Å². The van der Waals surface area contributed by atoms with Crippen molar-refractivity contribution in [2.24, 2.45) is 0 Å². The van der Waals surface area contributed by atoms with Crippen LogP contribution in [0.2, 0.25) is 0 Å². The summed E-state index contributed by atoms with van der Waals surface area (Å²) in [6.45, 7) is 3.11. The highest BCUT2D eigenvalue weighted by atomic mass is 16.7. The molecule has 0 rings (SSSR count). The first kappa shape index (κ1) is 24.8. The van der Waals surface area contributed by atoms with Crippen molar-refractivity contribution in [3.63, 3.8) is 0 Å². The number of carbonyl (C=O) groups is 4. The molecule has 0 saturated heterocycles. The second-order valence-electron chi connectivity index (χ2n) is 5.78. The zero-order valence-electron chi connectivity index (χ0n) is 16.2. The van der Waals surface area contributed by atoms with Crippen LogP contribution in [0.25, 0.3) is 0 Å². The lowest BCUT2D eigenvalue weighted by Gasteiger charge is -2.29. The van der Waals surface area contributed by atoms with E-state index >= 15 is 0 Å². The summed E-state index contributed by atoms with van der Waals surface area (Å²) in [6, 6.07) is 0. The van der Waals surface area contributed by atoms with Gasteiger partial charge in [0.05, 0.1) is 6.61 Å². The van der Waals surface area contributed by atoms with Gasteiger partial charge in [-0.2, -0.15) is 0 Å². The molecule has 0 heterocycles. The Morgan fingerprint density at radius 3 is 2.07 bits per heavy atom. The number of ether oxygens (including phenoxy) is 4. The molecule has 0 aliphatic rings. The average Bonchev–Trinajstić information content (AvgIpc) is 2.58. The Bertz CT molecular complexity index is 495. The molecule has 0 aliphatic carbocycles. The molecule has 0 radical (unpaired) electrons. The van der Waals surface area contributed by atoms with E-state index in [0.29, 0.717) is 25.7 Å². The molecule has 0 aromatic carbocycles. The maximum absolute atomic E-state index is 11.3. The van der Waals surface area contributed by atoms with Gasteiger partial charge in [-0.15, -0.1) is 0 Å². The Labute approximate surface area is 158 Å². The van der Waals surface area contributed by atoms with Gasteiger partial charge in [-0.1, -0.05) is 6.42 Å². The van der Waals surface area contributed by atoms with Gasteiger partial charge in [0, 0.05) is 34.2 Å². The molecule has 156 valence electrons. The first-order chi connectivity index (χ1) is 12.7. The minimum Gasteiger partial charge on any atom is -0.463 e. The van der Waals surface area contributed by atoms with Gasteiger partial charge in [0.15, 0.2) is 6.10 Å². The lowest BCUT2D eigenvalue weighted by Crippen LogP contribution is -2.46. The SMILES string of the molecule is CNC(=O)CCCCCOC(OC(C)=O)C(OC(C)=O)C(O)COC(C)=O. The summed E-state index contributed by atoms with van der Waals surface area (Å²) in [5.74, 6) is -2.11. The van der Waals surface area contributed by atoms with Crippen LogP contribution in [0, 0.1) is 0 Å². The van der Waals surface area contributed by atoms with E-state index in [0.717, 1.165) is 20.8 Å². The minimum absolute atomic E-state index is 0.0581. The molecule has 0 spiro atoms. The van der Waals surface area contributed by atoms with Crippen molar-refractivity contribution in [3.8, 4) is 0 Å². The maximum atomic E-state index is 11.3. The van der Waals surface area contributed by atoms with Crippen molar-refractivity contribution in [3.05, 3.63) is 0 Å². The molecule has 27 heavy (non-hydrogen) atoms. The number of rotatable bonds is 13. The molecule has 0 saturated carbocycles. The van der Waals surface area contributed by atoms with Gasteiger partial charge >= 0.3 is 17.9 Å². The van der Waals surface area contributed by atoms with E-state index in [9.17, 15) is 24.3 Å². The molecule has 0 aromatic rings. The quantitative estimate of drug-likeness (QED) is 0.193. The van der Waals surface area contributed by atoms with E-state index in [1.54, 1.807) is 7.05 Å². The highest BCUT2D eigenvalue weighted by molar-refractivity contribution is 5.75. The summed E-state index contributed by atoms with van der Waals surface area (Å²) in [7, 11) is 1.56. The lowest BCUT2D eigenvalue weighted by atomic mass is 10.2. The van der Waals surface area contributed by atoms with Crippen molar-refractivity contribution in [2.75, 3.05) is 20.3 Å². The molecule has 1 amide bonds. The van der Waals surface area contributed by atoms with E-state index in [1.807, 2.05) is 0 Å². The van der Waals surface area contributed by atoms with Gasteiger partial charge in [0.2, 0.25) is 12.2 Å². The number of amides is 1. The minimum atomic E-state index is -1.45. The Kier molecular flexibility index (Phi) is 12.8. The summed E-state index contributed by atoms with van der Waals surface area (Å²) in [5, 5.41) is 12.7. The highest BCUT2D eigenvalue weighted by Crippen LogP contribution is 2.14. The fourth-order valence-electron chi connectivity index (χ4n) is 2.05. The monoisotopic (exact) mass is 391 g/mol. The van der Waals surface area contributed by atoms with Gasteiger partial charge < -0.3 is 29.4 Å². The van der Waals surface area contributed by atoms with Gasteiger partial charge in [-0.3, -0.25) is 19.2 Å². The second kappa shape index (κ2) is 13.9. The molecule has 10 nitrogen and oxygen atoms in total. The van der Waals surface area contributed by atoms with Crippen LogP contribution in [0.1, 0.15) is 46.5 Å². The summed E-state index contributed by atoms with van der Waals surface area (Å²) in [4.78, 5) is 44.7. The summed E-state index contributed by atoms with van der Waals surface area (Å²) < 4.78 is 20.2. The largest absolute Gasteiger partial charge is 0.463 e. The molecule has 3 unspecified atom stereocenters. The molecular weight excluding hydrogens is 362 g/mol. The number of hydrogen-bond acceptors (Lipinski definition) is 9. The Morgan fingerprint density at radius 2 is 1.56 bits per heavy atom. The molecule has 0 aliphatic heterocycles. The molecule has 3 atom stereocenters. The van der Waals surface area contributed by atoms with E-state index in [-0.39, 0.29) is 12.5 Å². The van der Waals surface area contributed by atoms with Crippen LogP contribution in [-0.2, 0) is 38.1 Å². The van der Waals surface area contributed by atoms with Crippen molar-refractivity contribution in [2.45, 2.75) is 65.0 Å². The molecule has 10 heteroatoms. The van der Waals surface area contributed by atoms with Crippen LogP contribution >= 0.6 is 0 Å². The molecule has 2 N–H and O–H groups in total. The van der Waals surface area contributed by atoms with Crippen LogP contribution in [0.3, 0.4) is 0 Å². The van der Waals surface area contributed by atoms with Gasteiger partial charge in [0.1, 0.15) is 12.7 Å². The summed E-state index contributed by atoms with van der Waals surface area (Å²) in [5.41, 5.74) is 0. The first-order valence-corrected chi connectivity index (χ1v) is 8.65. The molecular formula is C17H29NO9. The van der Waals surface area contributed by atoms with Crippen LogP contribution in [0.5, 0.6) is 0 Å². The Hall–Kier alpha value is -2.20. The van der Waals surface area contributed by atoms with E-state index in [2.05, 4.69) is 5.32 Å². The fraction of sp³-hybridized carbons (Fsp3) is 0.765. The van der Waals surface area contributed by atoms with Crippen LogP contribution in [0.4, 0.5) is 0 Å². The third kappa shape index (κ3) is 12.7. The summed E-state index contributed by atoms with van der Waals surface area (Å²) in [6.07, 6.45) is -1.89. The predicted molar refractivity (Wildman–Crippen MR) is 92.2 cm³/mol. The number of hydrogen-bond donors (Lipinski definition) is 2. The Balaban J connectivity index is 4.74. The third-order valence-electron chi connectivity index (χ3n) is 3.30. The van der Waals surface area contributed by atoms with Crippen LogP contribution < -0.4 is 5.32 Å². The average molecular weight is 391 g/mol. The third-order valence-corrected chi connectivity index (χ3v) is 3.30. The van der Waals surface area contributed by atoms with E-state index in [1.165, 1.54) is 0 Å². The highest BCUT2D eigenvalue weighted by Gasteiger charge is 2.35.